The topological polar surface area (TPSA) is 64.3 Å². The molecule has 0 saturated heterocycles. The molecule has 1 unspecified atom stereocenters. The number of hydrogen-bond donors (Lipinski definition) is 2. The highest BCUT2D eigenvalue weighted by molar-refractivity contribution is 5.84. The fraction of sp³-hybridized carbons (Fsp3) is 0.417. The number of benzene rings is 1. The van der Waals surface area contributed by atoms with Crippen LogP contribution >= 0.6 is 0 Å². The largest absolute Gasteiger partial charge is 0.347 e. The molecule has 3 N–H and O–H groups in total. The van der Waals surface area contributed by atoms with Gasteiger partial charge in [-0.15, -0.1) is 0 Å². The van der Waals surface area contributed by atoms with Crippen LogP contribution in [0.15, 0.2) is 30.3 Å². The average molecular weight is 222 g/mol. The first-order valence-electron chi connectivity index (χ1n) is 5.21. The van der Waals surface area contributed by atoms with Gasteiger partial charge in [0, 0.05) is 0 Å². The van der Waals surface area contributed by atoms with Crippen LogP contribution in [-0.4, -0.2) is 11.5 Å². The molecule has 1 aromatic rings. The minimum absolute atomic E-state index is 0.0666. The molecule has 0 heterocycles. The van der Waals surface area contributed by atoms with Gasteiger partial charge < -0.3 is 5.32 Å². The minimum atomic E-state index is -1.01. The number of carbonyl (C=O) groups excluding carboxylic acids is 1. The number of rotatable bonds is 4. The maximum absolute atomic E-state index is 11.8. The Bertz CT molecular complexity index is 349. The lowest BCUT2D eigenvalue weighted by Gasteiger charge is -2.23. The molecule has 4 nitrogen and oxygen atoms in total. The maximum Gasteiger partial charge on any atom is 0.254 e. The molecule has 0 aromatic heterocycles. The Morgan fingerprint density at radius 3 is 2.44 bits per heavy atom. The molecule has 1 aromatic carbocycles. The van der Waals surface area contributed by atoms with E-state index in [1.165, 1.54) is 0 Å². The molecular weight excluding hydrogens is 204 g/mol. The molecular formula is C12H18N2O2. The van der Waals surface area contributed by atoms with E-state index in [-0.39, 0.29) is 11.9 Å². The van der Waals surface area contributed by atoms with Crippen molar-refractivity contribution in [1.82, 2.24) is 5.32 Å². The highest BCUT2D eigenvalue weighted by Crippen LogP contribution is 2.14. The highest BCUT2D eigenvalue weighted by Gasteiger charge is 2.29. The van der Waals surface area contributed by atoms with Crippen molar-refractivity contribution < 1.29 is 9.63 Å². The van der Waals surface area contributed by atoms with E-state index in [4.69, 9.17) is 5.90 Å². The summed E-state index contributed by atoms with van der Waals surface area (Å²) in [5.41, 5.74) is 0.0342. The van der Waals surface area contributed by atoms with Crippen molar-refractivity contribution in [3.8, 4) is 0 Å². The van der Waals surface area contributed by atoms with Crippen molar-refractivity contribution in [3.63, 3.8) is 0 Å². The van der Waals surface area contributed by atoms with Gasteiger partial charge in [-0.25, -0.2) is 5.90 Å². The number of nitrogens with two attached hydrogens (primary N) is 1. The number of amides is 1. The smallest absolute Gasteiger partial charge is 0.254 e. The lowest BCUT2D eigenvalue weighted by atomic mass is 10.1. The van der Waals surface area contributed by atoms with Crippen LogP contribution in [0.5, 0.6) is 0 Å². The van der Waals surface area contributed by atoms with Crippen molar-refractivity contribution in [3.05, 3.63) is 35.9 Å². The van der Waals surface area contributed by atoms with Gasteiger partial charge in [0.1, 0.15) is 0 Å². The predicted octanol–water partition coefficient (Wildman–Crippen LogP) is 1.53. The van der Waals surface area contributed by atoms with E-state index in [9.17, 15) is 4.79 Å². The first kappa shape index (κ1) is 12.7. The second kappa shape index (κ2) is 5.09. The van der Waals surface area contributed by atoms with Crippen LogP contribution in [0.2, 0.25) is 0 Å². The maximum atomic E-state index is 11.8. The van der Waals surface area contributed by atoms with Gasteiger partial charge in [-0.3, -0.25) is 9.63 Å². The van der Waals surface area contributed by atoms with Crippen LogP contribution < -0.4 is 11.2 Å². The van der Waals surface area contributed by atoms with E-state index in [1.54, 1.807) is 13.8 Å². The van der Waals surface area contributed by atoms with Crippen LogP contribution in [0.3, 0.4) is 0 Å². The van der Waals surface area contributed by atoms with Crippen molar-refractivity contribution in [1.29, 1.82) is 0 Å². The van der Waals surface area contributed by atoms with Crippen LogP contribution in [0.4, 0.5) is 0 Å². The molecule has 1 atom stereocenters. The van der Waals surface area contributed by atoms with Crippen LogP contribution in [0, 0.1) is 0 Å². The van der Waals surface area contributed by atoms with Crippen LogP contribution in [-0.2, 0) is 9.63 Å². The zero-order chi connectivity index (χ0) is 12.2. The van der Waals surface area contributed by atoms with E-state index < -0.39 is 5.60 Å². The third-order valence-electron chi connectivity index (χ3n) is 2.49. The van der Waals surface area contributed by atoms with E-state index in [2.05, 4.69) is 10.2 Å². The van der Waals surface area contributed by atoms with Crippen molar-refractivity contribution in [2.45, 2.75) is 32.4 Å². The lowest BCUT2D eigenvalue weighted by Crippen LogP contribution is -2.46. The van der Waals surface area contributed by atoms with Gasteiger partial charge in [-0.2, -0.15) is 0 Å². The summed E-state index contributed by atoms with van der Waals surface area (Å²) in [7, 11) is 0. The zero-order valence-electron chi connectivity index (χ0n) is 9.86. The van der Waals surface area contributed by atoms with E-state index in [0.29, 0.717) is 0 Å². The normalized spacial score (nSPS) is 13.2. The summed E-state index contributed by atoms with van der Waals surface area (Å²) in [5, 5.41) is 2.84. The Labute approximate surface area is 95.7 Å². The Kier molecular flexibility index (Phi) is 4.04. The molecule has 16 heavy (non-hydrogen) atoms. The molecule has 0 bridgehead atoms. The monoisotopic (exact) mass is 222 g/mol. The summed E-state index contributed by atoms with van der Waals surface area (Å²) in [5.74, 6) is 4.83. The molecule has 0 radical (unpaired) electrons. The third kappa shape index (κ3) is 3.05. The Hall–Kier alpha value is -1.39. The summed E-state index contributed by atoms with van der Waals surface area (Å²) >= 11 is 0. The van der Waals surface area contributed by atoms with E-state index >= 15 is 0 Å². The average Bonchev–Trinajstić information content (AvgIpc) is 2.30. The first-order valence-corrected chi connectivity index (χ1v) is 5.21. The quantitative estimate of drug-likeness (QED) is 0.759. The summed E-state index contributed by atoms with van der Waals surface area (Å²) in [6.45, 7) is 5.17. The van der Waals surface area contributed by atoms with Gasteiger partial charge >= 0.3 is 0 Å². The minimum Gasteiger partial charge on any atom is -0.347 e. The Balaban J connectivity index is 2.66. The highest BCUT2D eigenvalue weighted by atomic mass is 16.6. The molecule has 1 rings (SSSR count). The second-order valence-electron chi connectivity index (χ2n) is 4.23. The van der Waals surface area contributed by atoms with Gasteiger partial charge in [0.2, 0.25) is 0 Å². The molecule has 0 aliphatic rings. The molecule has 88 valence electrons. The number of carbonyl (C=O) groups is 1. The number of hydrogen-bond acceptors (Lipinski definition) is 3. The molecule has 0 aliphatic heterocycles. The number of nitrogens with one attached hydrogen (secondary N) is 1. The summed E-state index contributed by atoms with van der Waals surface area (Å²) in [6, 6.07) is 9.65. The molecule has 0 fully saturated rings. The summed E-state index contributed by atoms with van der Waals surface area (Å²) < 4.78 is 0. The van der Waals surface area contributed by atoms with Gasteiger partial charge in [-0.1, -0.05) is 30.3 Å². The molecule has 1 amide bonds. The van der Waals surface area contributed by atoms with Crippen LogP contribution in [0.25, 0.3) is 0 Å². The molecule has 0 spiro atoms. The molecule has 4 heteroatoms. The first-order chi connectivity index (χ1) is 7.47. The summed E-state index contributed by atoms with van der Waals surface area (Å²) in [4.78, 5) is 16.4. The van der Waals surface area contributed by atoms with Gasteiger partial charge in [0.25, 0.3) is 5.91 Å². The molecule has 0 saturated carbocycles. The standard InChI is InChI=1S/C12H18N2O2/c1-9(10-7-5-4-6-8-10)14-11(15)12(2,3)16-13/h4-9H,13H2,1-3H3,(H,14,15). The van der Waals surface area contributed by atoms with Gasteiger partial charge in [0.05, 0.1) is 6.04 Å². The fourth-order valence-corrected chi connectivity index (χ4v) is 1.25. The Morgan fingerprint density at radius 1 is 1.38 bits per heavy atom. The van der Waals surface area contributed by atoms with E-state index in [0.717, 1.165) is 5.56 Å². The molecule has 0 aliphatic carbocycles. The Morgan fingerprint density at radius 2 is 1.94 bits per heavy atom. The third-order valence-corrected chi connectivity index (χ3v) is 2.49. The zero-order valence-corrected chi connectivity index (χ0v) is 9.86. The van der Waals surface area contributed by atoms with Crippen molar-refractivity contribution >= 4 is 5.91 Å². The predicted molar refractivity (Wildman–Crippen MR) is 62.4 cm³/mol. The fourth-order valence-electron chi connectivity index (χ4n) is 1.25. The van der Waals surface area contributed by atoms with Gasteiger partial charge in [0.15, 0.2) is 5.60 Å². The van der Waals surface area contributed by atoms with Crippen molar-refractivity contribution in [2.24, 2.45) is 5.90 Å². The van der Waals surface area contributed by atoms with Crippen LogP contribution in [0.1, 0.15) is 32.4 Å². The SMILES string of the molecule is CC(NC(=O)C(C)(C)ON)c1ccccc1. The van der Waals surface area contributed by atoms with E-state index in [1.807, 2.05) is 37.3 Å². The summed E-state index contributed by atoms with van der Waals surface area (Å²) in [6.07, 6.45) is 0. The van der Waals surface area contributed by atoms with Gasteiger partial charge in [-0.05, 0) is 26.3 Å². The van der Waals surface area contributed by atoms with Crippen molar-refractivity contribution in [2.75, 3.05) is 0 Å². The lowest BCUT2D eigenvalue weighted by molar-refractivity contribution is -0.144. The second-order valence-corrected chi connectivity index (χ2v) is 4.23.